The summed E-state index contributed by atoms with van der Waals surface area (Å²) in [6, 6.07) is 3.88. The van der Waals surface area contributed by atoms with Crippen molar-refractivity contribution >= 4 is 28.7 Å². The summed E-state index contributed by atoms with van der Waals surface area (Å²) < 4.78 is 0. The van der Waals surface area contributed by atoms with Crippen LogP contribution >= 0.6 is 11.3 Å². The molecule has 1 fully saturated rings. The Labute approximate surface area is 146 Å². The highest BCUT2D eigenvalue weighted by Gasteiger charge is 2.18. The first-order valence-corrected chi connectivity index (χ1v) is 9.07. The number of carbonyl (C=O) groups excluding carboxylic acids is 1. The molecule has 0 radical (unpaired) electrons. The Balaban J connectivity index is 1.66. The van der Waals surface area contributed by atoms with E-state index < -0.39 is 0 Å². The Morgan fingerprint density at radius 3 is 2.58 bits per heavy atom. The second-order valence-electron chi connectivity index (χ2n) is 6.37. The summed E-state index contributed by atoms with van der Waals surface area (Å²) in [5.74, 6) is 0.659. The Morgan fingerprint density at radius 2 is 1.96 bits per heavy atom. The number of amides is 1. The van der Waals surface area contributed by atoms with E-state index in [1.165, 1.54) is 11.3 Å². The van der Waals surface area contributed by atoms with Crippen LogP contribution in [0.1, 0.15) is 35.1 Å². The predicted octanol–water partition coefficient (Wildman–Crippen LogP) is 2.67. The first-order valence-electron chi connectivity index (χ1n) is 8.19. The van der Waals surface area contributed by atoms with Crippen LogP contribution in [-0.2, 0) is 0 Å². The summed E-state index contributed by atoms with van der Waals surface area (Å²) in [7, 11) is 2.14. The van der Waals surface area contributed by atoms with Crippen molar-refractivity contribution in [2.75, 3.05) is 43.4 Å². The van der Waals surface area contributed by atoms with E-state index >= 15 is 0 Å². The Morgan fingerprint density at radius 1 is 1.21 bits per heavy atom. The number of hydrogen-bond donors (Lipinski definition) is 1. The second kappa shape index (κ2) is 7.27. The third kappa shape index (κ3) is 3.73. The predicted molar refractivity (Wildman–Crippen MR) is 98.1 cm³/mol. The van der Waals surface area contributed by atoms with E-state index in [0.717, 1.165) is 37.6 Å². The minimum absolute atomic E-state index is 0.138. The van der Waals surface area contributed by atoms with E-state index in [1.807, 2.05) is 32.2 Å². The molecule has 1 amide bonds. The number of anilines is 2. The normalized spacial score (nSPS) is 15.8. The number of nitrogens with zero attached hydrogens (tertiary/aromatic N) is 4. The molecule has 3 heterocycles. The first kappa shape index (κ1) is 16.9. The average Bonchev–Trinajstić information content (AvgIpc) is 3.06. The molecular formula is C17H23N5OS. The van der Waals surface area contributed by atoms with Gasteiger partial charge in [0.25, 0.3) is 5.91 Å². The topological polar surface area (TPSA) is 61.4 Å². The van der Waals surface area contributed by atoms with Gasteiger partial charge in [0, 0.05) is 26.2 Å². The molecule has 3 rings (SSSR count). The maximum atomic E-state index is 12.4. The quantitative estimate of drug-likeness (QED) is 0.923. The number of hydrogen-bond acceptors (Lipinski definition) is 6. The number of nitrogens with one attached hydrogen (secondary N) is 1. The fourth-order valence-electron chi connectivity index (χ4n) is 2.72. The molecule has 2 aromatic heterocycles. The number of aromatic nitrogens is 2. The van der Waals surface area contributed by atoms with Gasteiger partial charge in [0.2, 0.25) is 0 Å². The van der Waals surface area contributed by atoms with Crippen molar-refractivity contribution in [1.82, 2.24) is 14.9 Å². The van der Waals surface area contributed by atoms with Gasteiger partial charge >= 0.3 is 0 Å². The van der Waals surface area contributed by atoms with E-state index in [-0.39, 0.29) is 11.8 Å². The molecule has 0 bridgehead atoms. The molecule has 0 atom stereocenters. The van der Waals surface area contributed by atoms with Gasteiger partial charge in [-0.3, -0.25) is 4.79 Å². The van der Waals surface area contributed by atoms with Gasteiger partial charge in [-0.2, -0.15) is 0 Å². The number of rotatable bonds is 4. The number of likely N-dealkylation sites (N-methyl/N-ethyl adjacent to an activating group) is 1. The minimum atomic E-state index is -0.138. The molecular weight excluding hydrogens is 322 g/mol. The van der Waals surface area contributed by atoms with Gasteiger partial charge in [-0.1, -0.05) is 13.8 Å². The van der Waals surface area contributed by atoms with Crippen LogP contribution in [0.15, 0.2) is 23.8 Å². The van der Waals surface area contributed by atoms with Crippen LogP contribution in [0.5, 0.6) is 0 Å². The van der Waals surface area contributed by atoms with Crippen LogP contribution in [0.4, 0.5) is 11.5 Å². The van der Waals surface area contributed by atoms with Crippen molar-refractivity contribution in [2.45, 2.75) is 19.8 Å². The smallest absolute Gasteiger partial charge is 0.268 e. The summed E-state index contributed by atoms with van der Waals surface area (Å²) in [6.07, 6.45) is 1.83. The molecule has 128 valence electrons. The lowest BCUT2D eigenvalue weighted by atomic mass is 10.1. The third-order valence-corrected chi connectivity index (χ3v) is 5.05. The molecule has 6 nitrogen and oxygen atoms in total. The molecule has 7 heteroatoms. The van der Waals surface area contributed by atoms with Crippen LogP contribution in [0.3, 0.4) is 0 Å². The van der Waals surface area contributed by atoms with Gasteiger partial charge in [-0.25, -0.2) is 9.97 Å². The maximum Gasteiger partial charge on any atom is 0.268 e. The number of piperazine rings is 1. The highest BCUT2D eigenvalue weighted by Crippen LogP contribution is 2.23. The van der Waals surface area contributed by atoms with Crippen molar-refractivity contribution in [1.29, 1.82) is 0 Å². The minimum Gasteiger partial charge on any atom is -0.368 e. The lowest BCUT2D eigenvalue weighted by molar-refractivity contribution is 0.102. The molecule has 0 aliphatic carbocycles. The van der Waals surface area contributed by atoms with Gasteiger partial charge in [-0.15, -0.1) is 11.3 Å². The molecule has 2 aromatic rings. The lowest BCUT2D eigenvalue weighted by Crippen LogP contribution is -2.44. The third-order valence-electron chi connectivity index (χ3n) is 4.21. The fourth-order valence-corrected chi connectivity index (χ4v) is 3.56. The highest BCUT2D eigenvalue weighted by atomic mass is 32.1. The van der Waals surface area contributed by atoms with Crippen LogP contribution < -0.4 is 10.2 Å². The summed E-state index contributed by atoms with van der Waals surface area (Å²) in [6.45, 7) is 8.19. The van der Waals surface area contributed by atoms with Crippen LogP contribution in [-0.4, -0.2) is 54.0 Å². The monoisotopic (exact) mass is 345 g/mol. The summed E-state index contributed by atoms with van der Waals surface area (Å²) in [5.41, 5.74) is 3.65. The Hall–Kier alpha value is -1.99. The largest absolute Gasteiger partial charge is 0.368 e. The zero-order valence-electron chi connectivity index (χ0n) is 14.3. The van der Waals surface area contributed by atoms with Crippen molar-refractivity contribution in [3.63, 3.8) is 0 Å². The SMILES string of the molecule is CC(C)c1ncsc1C(=O)Nc1ccc(N2CCN(C)CC2)cn1. The summed E-state index contributed by atoms with van der Waals surface area (Å²) >= 11 is 1.37. The van der Waals surface area contributed by atoms with E-state index in [0.29, 0.717) is 10.7 Å². The van der Waals surface area contributed by atoms with Crippen molar-refractivity contribution in [3.8, 4) is 0 Å². The number of pyridine rings is 1. The molecule has 0 spiro atoms. The summed E-state index contributed by atoms with van der Waals surface area (Å²) in [4.78, 5) is 26.4. The van der Waals surface area contributed by atoms with Gasteiger partial charge in [0.15, 0.2) is 0 Å². The fraction of sp³-hybridized carbons (Fsp3) is 0.471. The Bertz CT molecular complexity index is 689. The van der Waals surface area contributed by atoms with Crippen molar-refractivity contribution in [2.24, 2.45) is 0 Å². The molecule has 0 unspecified atom stereocenters. The van der Waals surface area contributed by atoms with Crippen LogP contribution in [0, 0.1) is 0 Å². The molecule has 0 saturated carbocycles. The van der Waals surface area contributed by atoms with E-state index in [2.05, 4.69) is 32.1 Å². The van der Waals surface area contributed by atoms with Gasteiger partial charge in [0.1, 0.15) is 10.7 Å². The maximum absolute atomic E-state index is 12.4. The van der Waals surface area contributed by atoms with Crippen LogP contribution in [0.2, 0.25) is 0 Å². The molecule has 1 aliphatic rings. The highest BCUT2D eigenvalue weighted by molar-refractivity contribution is 7.12. The van der Waals surface area contributed by atoms with Crippen LogP contribution in [0.25, 0.3) is 0 Å². The van der Waals surface area contributed by atoms with E-state index in [9.17, 15) is 4.79 Å². The molecule has 0 aromatic carbocycles. The zero-order valence-corrected chi connectivity index (χ0v) is 15.1. The lowest BCUT2D eigenvalue weighted by Gasteiger charge is -2.33. The van der Waals surface area contributed by atoms with Gasteiger partial charge in [0.05, 0.1) is 23.1 Å². The van der Waals surface area contributed by atoms with Gasteiger partial charge < -0.3 is 15.1 Å². The van der Waals surface area contributed by atoms with E-state index in [4.69, 9.17) is 0 Å². The van der Waals surface area contributed by atoms with Gasteiger partial charge in [-0.05, 0) is 25.1 Å². The molecule has 1 saturated heterocycles. The number of carbonyl (C=O) groups is 1. The molecule has 1 aliphatic heterocycles. The Kier molecular flexibility index (Phi) is 5.11. The first-order chi connectivity index (χ1) is 11.5. The van der Waals surface area contributed by atoms with Crippen molar-refractivity contribution < 1.29 is 4.79 Å². The standard InChI is InChI=1S/C17H23N5OS/c1-12(2)15-16(24-11-19-15)17(23)20-14-5-4-13(10-18-14)22-8-6-21(3)7-9-22/h4-5,10-12H,6-9H2,1-3H3,(H,18,20,23). The summed E-state index contributed by atoms with van der Waals surface area (Å²) in [5, 5.41) is 2.87. The molecule has 24 heavy (non-hydrogen) atoms. The second-order valence-corrected chi connectivity index (χ2v) is 7.22. The van der Waals surface area contributed by atoms with E-state index in [1.54, 1.807) is 5.51 Å². The molecule has 1 N–H and O–H groups in total. The van der Waals surface area contributed by atoms with Crippen molar-refractivity contribution in [3.05, 3.63) is 34.4 Å². The zero-order chi connectivity index (χ0) is 17.1. The number of thiazole rings is 1. The average molecular weight is 345 g/mol.